The van der Waals surface area contributed by atoms with Crippen molar-refractivity contribution >= 4 is 33.9 Å². The van der Waals surface area contributed by atoms with Crippen LogP contribution in [-0.2, 0) is 0 Å². The number of pyridine rings is 1. The number of aromatic nitrogens is 1. The molecule has 0 atom stereocenters. The molecule has 6 heteroatoms. The predicted octanol–water partition coefficient (Wildman–Crippen LogP) is 1.41. The summed E-state index contributed by atoms with van der Waals surface area (Å²) in [6.45, 7) is 4.03. The molecule has 22 heavy (non-hydrogen) atoms. The lowest BCUT2D eigenvalue weighted by molar-refractivity contribution is -0.254. The number of carboxylic acid groups (broad SMARTS) is 1. The Balaban J connectivity index is 2.43. The Morgan fingerprint density at radius 2 is 2.00 bits per heavy atom. The van der Waals surface area contributed by atoms with Gasteiger partial charge in [0.2, 0.25) is 11.1 Å². The van der Waals surface area contributed by atoms with Gasteiger partial charge in [-0.05, 0) is 29.7 Å². The van der Waals surface area contributed by atoms with Crippen LogP contribution in [0.2, 0.25) is 0 Å². The maximum atomic E-state index is 12.6. The van der Waals surface area contributed by atoms with Crippen LogP contribution < -0.4 is 16.3 Å². The first kappa shape index (κ1) is 14.1. The van der Waals surface area contributed by atoms with E-state index in [-0.39, 0.29) is 33.8 Å². The highest BCUT2D eigenvalue weighted by Crippen LogP contribution is 2.23. The van der Waals surface area contributed by atoms with Gasteiger partial charge in [-0.15, -0.1) is 0 Å². The third-order valence-corrected chi connectivity index (χ3v) is 3.60. The largest absolute Gasteiger partial charge is 0.545 e. The molecular weight excluding hydrogens is 284 g/mol. The first-order chi connectivity index (χ1) is 10.4. The van der Waals surface area contributed by atoms with Crippen LogP contribution >= 0.6 is 0 Å². The Labute approximate surface area is 125 Å². The van der Waals surface area contributed by atoms with Crippen molar-refractivity contribution in [2.24, 2.45) is 0 Å². The van der Waals surface area contributed by atoms with Crippen molar-refractivity contribution in [1.82, 2.24) is 4.98 Å². The van der Waals surface area contributed by atoms with E-state index in [1.807, 2.05) is 19.9 Å². The molecule has 6 nitrogen and oxygen atoms in total. The third kappa shape index (κ3) is 2.09. The number of carbonyl (C=O) groups excluding carboxylic acids is 1. The maximum Gasteiger partial charge on any atom is 0.232 e. The van der Waals surface area contributed by atoms with Gasteiger partial charge in [-0.2, -0.15) is 4.98 Å². The summed E-state index contributed by atoms with van der Waals surface area (Å²) in [6.07, 6.45) is 0. The molecule has 1 aromatic carbocycles. The van der Waals surface area contributed by atoms with Crippen molar-refractivity contribution in [1.29, 1.82) is 0 Å². The monoisotopic (exact) mass is 297 g/mol. The summed E-state index contributed by atoms with van der Waals surface area (Å²) in [5.41, 5.74) is 6.28. The van der Waals surface area contributed by atoms with Gasteiger partial charge in [-0.1, -0.05) is 19.9 Å². The number of fused-ring (bicyclic) bond motifs is 2. The number of hydrogen-bond donors (Lipinski definition) is 1. The SMILES string of the molecule is CC(C)c1ccc2oc3nc(N)c(C(=O)[O-])cc3c(=O)c2c1. The summed E-state index contributed by atoms with van der Waals surface area (Å²) < 4.78 is 5.57. The zero-order valence-corrected chi connectivity index (χ0v) is 12.0. The van der Waals surface area contributed by atoms with Crippen molar-refractivity contribution in [3.63, 3.8) is 0 Å². The molecule has 0 spiro atoms. The van der Waals surface area contributed by atoms with Gasteiger partial charge in [0.15, 0.2) is 0 Å². The zero-order chi connectivity index (χ0) is 16.0. The van der Waals surface area contributed by atoms with Crippen LogP contribution in [0.15, 0.2) is 33.5 Å². The lowest BCUT2D eigenvalue weighted by atomic mass is 10.0. The Hall–Kier alpha value is -2.89. The van der Waals surface area contributed by atoms with Gasteiger partial charge in [0, 0.05) is 5.56 Å². The normalized spacial score (nSPS) is 11.4. The number of benzene rings is 1. The highest BCUT2D eigenvalue weighted by Gasteiger charge is 2.13. The van der Waals surface area contributed by atoms with E-state index in [1.165, 1.54) is 0 Å². The van der Waals surface area contributed by atoms with Gasteiger partial charge in [0.1, 0.15) is 11.4 Å². The van der Waals surface area contributed by atoms with E-state index in [9.17, 15) is 14.7 Å². The van der Waals surface area contributed by atoms with E-state index in [4.69, 9.17) is 10.2 Å². The van der Waals surface area contributed by atoms with E-state index >= 15 is 0 Å². The van der Waals surface area contributed by atoms with Crippen LogP contribution in [-0.4, -0.2) is 11.0 Å². The van der Waals surface area contributed by atoms with E-state index < -0.39 is 5.97 Å². The second-order valence-electron chi connectivity index (χ2n) is 5.40. The fraction of sp³-hybridized carbons (Fsp3) is 0.188. The lowest BCUT2D eigenvalue weighted by Gasteiger charge is -2.09. The second-order valence-corrected chi connectivity index (χ2v) is 5.40. The average Bonchev–Trinajstić information content (AvgIpc) is 2.46. The molecule has 0 unspecified atom stereocenters. The van der Waals surface area contributed by atoms with Crippen LogP contribution in [0, 0.1) is 0 Å². The van der Waals surface area contributed by atoms with Crippen LogP contribution in [0.4, 0.5) is 5.82 Å². The minimum Gasteiger partial charge on any atom is -0.545 e. The minimum absolute atomic E-state index is 0.0114. The van der Waals surface area contributed by atoms with Gasteiger partial charge in [0.25, 0.3) is 0 Å². The van der Waals surface area contributed by atoms with Crippen LogP contribution in [0.3, 0.4) is 0 Å². The van der Waals surface area contributed by atoms with Gasteiger partial charge in [0.05, 0.1) is 16.7 Å². The molecule has 0 aliphatic heterocycles. The molecule has 2 heterocycles. The number of aromatic carboxylic acids is 1. The molecule has 0 amide bonds. The van der Waals surface area contributed by atoms with E-state index in [0.717, 1.165) is 11.6 Å². The van der Waals surface area contributed by atoms with Crippen molar-refractivity contribution in [3.05, 3.63) is 45.6 Å². The fourth-order valence-electron chi connectivity index (χ4n) is 2.34. The minimum atomic E-state index is -1.48. The Morgan fingerprint density at radius 3 is 2.64 bits per heavy atom. The van der Waals surface area contributed by atoms with Gasteiger partial charge in [-0.3, -0.25) is 4.79 Å². The molecule has 0 radical (unpaired) electrons. The van der Waals surface area contributed by atoms with E-state index in [2.05, 4.69) is 4.98 Å². The summed E-state index contributed by atoms with van der Waals surface area (Å²) in [4.78, 5) is 27.5. The van der Waals surface area contributed by atoms with Crippen LogP contribution in [0.5, 0.6) is 0 Å². The molecule has 0 saturated carbocycles. The average molecular weight is 297 g/mol. The highest BCUT2D eigenvalue weighted by atomic mass is 16.4. The lowest BCUT2D eigenvalue weighted by Crippen LogP contribution is -2.24. The van der Waals surface area contributed by atoms with Crippen molar-refractivity contribution in [3.8, 4) is 0 Å². The summed E-state index contributed by atoms with van der Waals surface area (Å²) >= 11 is 0. The van der Waals surface area contributed by atoms with Crippen molar-refractivity contribution in [2.45, 2.75) is 19.8 Å². The predicted molar refractivity (Wildman–Crippen MR) is 80.6 cm³/mol. The molecule has 112 valence electrons. The standard InChI is InChI=1S/C16H14N2O4/c1-7(2)8-3-4-12-9(5-8)13(19)10-6-11(16(20)21)14(17)18-15(10)22-12/h3-7H,1-2H3,(H2,17,18)(H,20,21)/p-1. The summed E-state index contributed by atoms with van der Waals surface area (Å²) in [7, 11) is 0. The third-order valence-electron chi connectivity index (χ3n) is 3.60. The smallest absolute Gasteiger partial charge is 0.232 e. The molecule has 0 bridgehead atoms. The first-order valence-corrected chi connectivity index (χ1v) is 6.77. The molecule has 0 saturated heterocycles. The molecule has 0 fully saturated rings. The number of nitrogens with two attached hydrogens (primary N) is 1. The number of nitrogen functional groups attached to an aromatic ring is 1. The number of rotatable bonds is 2. The van der Waals surface area contributed by atoms with Crippen molar-refractivity contribution in [2.75, 3.05) is 5.73 Å². The van der Waals surface area contributed by atoms with Crippen molar-refractivity contribution < 1.29 is 14.3 Å². The molecule has 3 rings (SSSR count). The summed E-state index contributed by atoms with van der Waals surface area (Å²) in [5.74, 6) is -1.47. The van der Waals surface area contributed by atoms with E-state index in [0.29, 0.717) is 11.0 Å². The molecule has 3 aromatic rings. The number of anilines is 1. The summed E-state index contributed by atoms with van der Waals surface area (Å²) in [6, 6.07) is 6.48. The number of carboxylic acids is 1. The van der Waals surface area contributed by atoms with Gasteiger partial charge < -0.3 is 20.1 Å². The van der Waals surface area contributed by atoms with E-state index in [1.54, 1.807) is 12.1 Å². The maximum absolute atomic E-state index is 12.6. The number of hydrogen-bond acceptors (Lipinski definition) is 6. The fourth-order valence-corrected chi connectivity index (χ4v) is 2.34. The van der Waals surface area contributed by atoms with Gasteiger partial charge in [-0.25, -0.2) is 0 Å². The Morgan fingerprint density at radius 1 is 1.27 bits per heavy atom. The molecular formula is C16H13N2O4-. The summed E-state index contributed by atoms with van der Waals surface area (Å²) in [5, 5.41) is 11.5. The number of nitrogens with zero attached hydrogens (tertiary/aromatic N) is 1. The molecule has 2 aromatic heterocycles. The first-order valence-electron chi connectivity index (χ1n) is 6.77. The molecule has 0 aliphatic carbocycles. The Bertz CT molecular complexity index is 973. The zero-order valence-electron chi connectivity index (χ0n) is 12.0. The van der Waals surface area contributed by atoms with Crippen LogP contribution in [0.25, 0.3) is 22.1 Å². The molecule has 0 aliphatic rings. The quantitative estimate of drug-likeness (QED) is 0.716. The topological polar surface area (TPSA) is 109 Å². The number of carbonyl (C=O) groups is 1. The highest BCUT2D eigenvalue weighted by molar-refractivity contribution is 5.97. The second kappa shape index (κ2) is 4.84. The van der Waals surface area contributed by atoms with Crippen LogP contribution in [0.1, 0.15) is 35.7 Å². The molecule has 2 N–H and O–H groups in total. The Kier molecular flexibility index (Phi) is 3.09. The van der Waals surface area contributed by atoms with Gasteiger partial charge >= 0.3 is 0 Å².